The Labute approximate surface area is 127 Å². The van der Waals surface area contributed by atoms with Gasteiger partial charge in [0, 0.05) is 18.6 Å². The van der Waals surface area contributed by atoms with Crippen LogP contribution in [0.2, 0.25) is 0 Å². The van der Waals surface area contributed by atoms with Crippen LogP contribution in [0, 0.1) is 5.92 Å². The van der Waals surface area contributed by atoms with E-state index >= 15 is 0 Å². The van der Waals surface area contributed by atoms with Gasteiger partial charge in [-0.15, -0.1) is 0 Å². The highest BCUT2D eigenvalue weighted by atomic mass is 15.1. The lowest BCUT2D eigenvalue weighted by Crippen LogP contribution is -2.46. The molecule has 3 heteroatoms. The number of hydrogen-bond donors (Lipinski definition) is 1. The Kier molecular flexibility index (Phi) is 8.74. The van der Waals surface area contributed by atoms with Gasteiger partial charge in [-0.2, -0.15) is 0 Å². The molecule has 0 bridgehead atoms. The number of nitrogens with one attached hydrogen (secondary N) is 1. The van der Waals surface area contributed by atoms with Crippen molar-refractivity contribution in [3.8, 4) is 0 Å². The van der Waals surface area contributed by atoms with Crippen molar-refractivity contribution in [2.75, 3.05) is 40.3 Å². The second kappa shape index (κ2) is 9.75. The highest BCUT2D eigenvalue weighted by Crippen LogP contribution is 2.13. The minimum atomic E-state index is 0.679. The van der Waals surface area contributed by atoms with Crippen molar-refractivity contribution >= 4 is 0 Å². The van der Waals surface area contributed by atoms with Gasteiger partial charge in [-0.3, -0.25) is 0 Å². The monoisotopic (exact) mass is 283 g/mol. The van der Waals surface area contributed by atoms with E-state index in [1.54, 1.807) is 0 Å². The van der Waals surface area contributed by atoms with Gasteiger partial charge in [-0.1, -0.05) is 20.3 Å². The van der Waals surface area contributed by atoms with Gasteiger partial charge in [0.1, 0.15) is 0 Å². The van der Waals surface area contributed by atoms with E-state index < -0.39 is 0 Å². The first-order chi connectivity index (χ1) is 9.47. The summed E-state index contributed by atoms with van der Waals surface area (Å²) in [6.45, 7) is 12.1. The van der Waals surface area contributed by atoms with Crippen molar-refractivity contribution in [2.24, 2.45) is 5.92 Å². The lowest BCUT2D eigenvalue weighted by Gasteiger charge is -2.34. The summed E-state index contributed by atoms with van der Waals surface area (Å²) in [7, 11) is 4.32. The molecule has 120 valence electrons. The number of piperidine rings is 1. The van der Waals surface area contributed by atoms with Gasteiger partial charge in [-0.05, 0) is 72.3 Å². The first kappa shape index (κ1) is 17.9. The molecule has 1 heterocycles. The zero-order chi connectivity index (χ0) is 15.0. The van der Waals surface area contributed by atoms with Gasteiger partial charge in [0.2, 0.25) is 0 Å². The van der Waals surface area contributed by atoms with Crippen LogP contribution in [0.4, 0.5) is 0 Å². The van der Waals surface area contributed by atoms with E-state index in [2.05, 4.69) is 50.0 Å². The fraction of sp³-hybridized carbons (Fsp3) is 1.00. The van der Waals surface area contributed by atoms with Crippen molar-refractivity contribution in [1.82, 2.24) is 15.1 Å². The summed E-state index contributed by atoms with van der Waals surface area (Å²) in [5, 5.41) is 3.84. The molecule has 0 aromatic rings. The average molecular weight is 284 g/mol. The quantitative estimate of drug-likeness (QED) is 0.657. The van der Waals surface area contributed by atoms with E-state index in [-0.39, 0.29) is 0 Å². The Balaban J connectivity index is 2.07. The summed E-state index contributed by atoms with van der Waals surface area (Å²) in [5.74, 6) is 0.801. The molecule has 1 N–H and O–H groups in total. The lowest BCUT2D eigenvalue weighted by atomic mass is 10.0. The lowest BCUT2D eigenvalue weighted by molar-refractivity contribution is 0.174. The van der Waals surface area contributed by atoms with Crippen LogP contribution in [0.3, 0.4) is 0 Å². The van der Waals surface area contributed by atoms with Crippen molar-refractivity contribution in [1.29, 1.82) is 0 Å². The minimum Gasteiger partial charge on any atom is -0.311 e. The summed E-state index contributed by atoms with van der Waals surface area (Å²) in [4.78, 5) is 4.91. The Hall–Kier alpha value is -0.120. The molecule has 1 atom stereocenters. The summed E-state index contributed by atoms with van der Waals surface area (Å²) < 4.78 is 0. The fourth-order valence-electron chi connectivity index (χ4n) is 3.16. The molecule has 1 saturated heterocycles. The van der Waals surface area contributed by atoms with Crippen LogP contribution in [0.1, 0.15) is 52.9 Å². The van der Waals surface area contributed by atoms with Crippen LogP contribution in [0.5, 0.6) is 0 Å². The third-order valence-electron chi connectivity index (χ3n) is 4.22. The number of nitrogens with zero attached hydrogens (tertiary/aromatic N) is 2. The van der Waals surface area contributed by atoms with E-state index in [1.807, 2.05) is 0 Å². The van der Waals surface area contributed by atoms with Crippen LogP contribution in [-0.2, 0) is 0 Å². The van der Waals surface area contributed by atoms with Gasteiger partial charge < -0.3 is 15.1 Å². The molecular weight excluding hydrogens is 246 g/mol. The Morgan fingerprint density at radius 2 is 1.75 bits per heavy atom. The summed E-state index contributed by atoms with van der Waals surface area (Å²) in [6.07, 6.45) is 6.65. The Morgan fingerprint density at radius 1 is 1.10 bits per heavy atom. The highest BCUT2D eigenvalue weighted by molar-refractivity contribution is 4.79. The Morgan fingerprint density at radius 3 is 2.30 bits per heavy atom. The van der Waals surface area contributed by atoms with E-state index in [4.69, 9.17) is 0 Å². The average Bonchev–Trinajstić information content (AvgIpc) is 2.36. The van der Waals surface area contributed by atoms with Gasteiger partial charge in [0.15, 0.2) is 0 Å². The van der Waals surface area contributed by atoms with Crippen molar-refractivity contribution in [3.05, 3.63) is 0 Å². The van der Waals surface area contributed by atoms with Crippen LogP contribution >= 0.6 is 0 Å². The van der Waals surface area contributed by atoms with Gasteiger partial charge in [-0.25, -0.2) is 0 Å². The van der Waals surface area contributed by atoms with E-state index in [1.165, 1.54) is 58.3 Å². The molecule has 20 heavy (non-hydrogen) atoms. The predicted molar refractivity (Wildman–Crippen MR) is 89.3 cm³/mol. The molecule has 3 nitrogen and oxygen atoms in total. The van der Waals surface area contributed by atoms with Gasteiger partial charge in [0.05, 0.1) is 0 Å². The molecule has 0 saturated carbocycles. The van der Waals surface area contributed by atoms with Crippen LogP contribution in [-0.4, -0.2) is 62.2 Å². The van der Waals surface area contributed by atoms with Gasteiger partial charge in [0.25, 0.3) is 0 Å². The third kappa shape index (κ3) is 8.23. The third-order valence-corrected chi connectivity index (χ3v) is 4.22. The number of hydrogen-bond acceptors (Lipinski definition) is 3. The second-order valence-corrected chi connectivity index (χ2v) is 7.34. The maximum absolute atomic E-state index is 3.84. The number of unbranched alkanes of at least 4 members (excludes halogenated alkanes) is 1. The molecule has 1 rings (SSSR count). The first-order valence-electron chi connectivity index (χ1n) is 8.60. The topological polar surface area (TPSA) is 18.5 Å². The summed E-state index contributed by atoms with van der Waals surface area (Å²) in [5.41, 5.74) is 0. The SMILES string of the molecule is CC(C)CN1CCC(N[C@H](C)CCCCN(C)C)CC1. The molecular formula is C17H37N3. The van der Waals surface area contributed by atoms with E-state index in [9.17, 15) is 0 Å². The maximum Gasteiger partial charge on any atom is 0.00938 e. The number of likely N-dealkylation sites (tertiary alicyclic amines) is 1. The molecule has 0 aromatic carbocycles. The van der Waals surface area contributed by atoms with Crippen LogP contribution < -0.4 is 5.32 Å². The molecule has 1 aliphatic rings. The largest absolute Gasteiger partial charge is 0.311 e. The molecule has 0 unspecified atom stereocenters. The van der Waals surface area contributed by atoms with Crippen molar-refractivity contribution in [2.45, 2.75) is 65.0 Å². The fourth-order valence-corrected chi connectivity index (χ4v) is 3.16. The van der Waals surface area contributed by atoms with E-state index in [0.717, 1.165) is 12.0 Å². The van der Waals surface area contributed by atoms with Crippen LogP contribution in [0.15, 0.2) is 0 Å². The standard InChI is InChI=1S/C17H37N3/c1-15(2)14-20-12-9-17(10-13-20)18-16(3)8-6-7-11-19(4)5/h15-18H,6-14H2,1-5H3/t16-/m1/s1. The first-order valence-corrected chi connectivity index (χ1v) is 8.60. The molecule has 0 aromatic heterocycles. The van der Waals surface area contributed by atoms with Crippen LogP contribution in [0.25, 0.3) is 0 Å². The van der Waals surface area contributed by atoms with Gasteiger partial charge >= 0.3 is 0 Å². The second-order valence-electron chi connectivity index (χ2n) is 7.34. The summed E-state index contributed by atoms with van der Waals surface area (Å²) in [6, 6.07) is 1.43. The molecule has 1 aliphatic heterocycles. The van der Waals surface area contributed by atoms with Crippen molar-refractivity contribution < 1.29 is 0 Å². The minimum absolute atomic E-state index is 0.679. The molecule has 0 aliphatic carbocycles. The van der Waals surface area contributed by atoms with E-state index in [0.29, 0.717) is 6.04 Å². The Bertz CT molecular complexity index is 232. The number of rotatable bonds is 9. The normalized spacial score (nSPS) is 19.9. The zero-order valence-electron chi connectivity index (χ0n) is 14.5. The highest BCUT2D eigenvalue weighted by Gasteiger charge is 2.20. The molecule has 0 amide bonds. The zero-order valence-corrected chi connectivity index (χ0v) is 14.5. The van der Waals surface area contributed by atoms with Crippen molar-refractivity contribution in [3.63, 3.8) is 0 Å². The smallest absolute Gasteiger partial charge is 0.00938 e. The molecule has 1 fully saturated rings. The molecule has 0 spiro atoms. The predicted octanol–water partition coefficient (Wildman–Crippen LogP) is 2.82. The summed E-state index contributed by atoms with van der Waals surface area (Å²) >= 11 is 0. The maximum atomic E-state index is 3.84. The molecule has 0 radical (unpaired) electrons.